The van der Waals surface area contributed by atoms with Gasteiger partial charge < -0.3 is 15.7 Å². The number of anilines is 1. The lowest BCUT2D eigenvalue weighted by Crippen LogP contribution is -2.34. The Kier molecular flexibility index (Phi) is 4.86. The number of hydrogen-bond donors (Lipinski definition) is 3. The zero-order chi connectivity index (χ0) is 12.1. The third kappa shape index (κ3) is 4.70. The monoisotopic (exact) mass is 262 g/mol. The van der Waals surface area contributed by atoms with Gasteiger partial charge in [0.1, 0.15) is 0 Å². The summed E-state index contributed by atoms with van der Waals surface area (Å²) < 4.78 is 0. The molecule has 1 rings (SSSR count). The van der Waals surface area contributed by atoms with E-state index in [0.717, 1.165) is 0 Å². The van der Waals surface area contributed by atoms with Gasteiger partial charge in [-0.15, -0.1) is 0 Å². The summed E-state index contributed by atoms with van der Waals surface area (Å²) in [5.74, 6) is 0. The van der Waals surface area contributed by atoms with E-state index in [4.69, 9.17) is 28.3 Å². The first-order valence-corrected chi connectivity index (χ1v) is 5.42. The maximum Gasteiger partial charge on any atom is 0.319 e. The van der Waals surface area contributed by atoms with Gasteiger partial charge in [-0.05, 0) is 25.1 Å². The quantitative estimate of drug-likeness (QED) is 0.784. The van der Waals surface area contributed by atoms with Crippen LogP contribution < -0.4 is 10.6 Å². The number of amides is 2. The molecule has 16 heavy (non-hydrogen) atoms. The van der Waals surface area contributed by atoms with Crippen molar-refractivity contribution >= 4 is 34.9 Å². The Hall–Kier alpha value is -0.970. The zero-order valence-corrected chi connectivity index (χ0v) is 10.1. The lowest BCUT2D eigenvalue weighted by molar-refractivity contribution is 0.190. The molecular weight excluding hydrogens is 251 g/mol. The fraction of sp³-hybridized carbons (Fsp3) is 0.300. The van der Waals surface area contributed by atoms with E-state index >= 15 is 0 Å². The van der Waals surface area contributed by atoms with E-state index in [1.807, 2.05) is 0 Å². The van der Waals surface area contributed by atoms with Crippen LogP contribution in [0.3, 0.4) is 0 Å². The predicted octanol–water partition coefficient (Wildman–Crippen LogP) is 2.50. The Labute approximate surface area is 104 Å². The number of urea groups is 1. The molecule has 0 saturated carbocycles. The van der Waals surface area contributed by atoms with Crippen molar-refractivity contribution in [3.63, 3.8) is 0 Å². The van der Waals surface area contributed by atoms with Crippen LogP contribution in [0.15, 0.2) is 18.2 Å². The molecule has 0 fully saturated rings. The minimum Gasteiger partial charge on any atom is -0.392 e. The molecular formula is C10H12Cl2N2O2. The van der Waals surface area contributed by atoms with Crippen LogP contribution in [0.5, 0.6) is 0 Å². The summed E-state index contributed by atoms with van der Waals surface area (Å²) in [7, 11) is 0. The van der Waals surface area contributed by atoms with E-state index in [1.54, 1.807) is 25.1 Å². The number of carbonyl (C=O) groups excluding carboxylic acids is 1. The van der Waals surface area contributed by atoms with Gasteiger partial charge in [0.25, 0.3) is 0 Å². The van der Waals surface area contributed by atoms with Crippen molar-refractivity contribution in [2.45, 2.75) is 13.0 Å². The fourth-order valence-corrected chi connectivity index (χ4v) is 1.57. The molecule has 88 valence electrons. The van der Waals surface area contributed by atoms with Crippen LogP contribution in [0.1, 0.15) is 6.92 Å². The molecule has 0 aliphatic heterocycles. The van der Waals surface area contributed by atoms with Gasteiger partial charge in [-0.25, -0.2) is 4.79 Å². The topological polar surface area (TPSA) is 61.4 Å². The maximum absolute atomic E-state index is 11.3. The van der Waals surface area contributed by atoms with Crippen LogP contribution in [0.25, 0.3) is 0 Å². The molecule has 0 bridgehead atoms. The second-order valence-electron chi connectivity index (χ2n) is 3.34. The number of halogens is 2. The molecule has 6 heteroatoms. The molecule has 0 aliphatic rings. The molecule has 4 nitrogen and oxygen atoms in total. The highest BCUT2D eigenvalue weighted by Gasteiger charge is 2.04. The number of aliphatic hydroxyl groups excluding tert-OH is 1. The molecule has 0 radical (unpaired) electrons. The Morgan fingerprint density at radius 3 is 2.44 bits per heavy atom. The van der Waals surface area contributed by atoms with Gasteiger partial charge in [0.15, 0.2) is 0 Å². The SMILES string of the molecule is C[C@H](O)CNC(=O)Nc1cc(Cl)cc(Cl)c1. The molecule has 2 amide bonds. The summed E-state index contributed by atoms with van der Waals surface area (Å²) in [6, 6.07) is 4.31. The summed E-state index contributed by atoms with van der Waals surface area (Å²) in [5, 5.41) is 14.9. The second kappa shape index (κ2) is 5.94. The summed E-state index contributed by atoms with van der Waals surface area (Å²) in [6.07, 6.45) is -0.589. The van der Waals surface area contributed by atoms with Gasteiger partial charge in [-0.3, -0.25) is 0 Å². The molecule has 0 spiro atoms. The Morgan fingerprint density at radius 1 is 1.38 bits per heavy atom. The van der Waals surface area contributed by atoms with Crippen LogP contribution in [-0.4, -0.2) is 23.8 Å². The van der Waals surface area contributed by atoms with E-state index in [0.29, 0.717) is 15.7 Å². The van der Waals surface area contributed by atoms with Gasteiger partial charge in [-0.1, -0.05) is 23.2 Å². The van der Waals surface area contributed by atoms with Crippen LogP contribution in [0, 0.1) is 0 Å². The number of benzene rings is 1. The van der Waals surface area contributed by atoms with Gasteiger partial charge >= 0.3 is 6.03 Å². The second-order valence-corrected chi connectivity index (χ2v) is 4.22. The molecule has 1 aromatic carbocycles. The maximum atomic E-state index is 11.3. The van der Waals surface area contributed by atoms with Crippen molar-refractivity contribution in [1.29, 1.82) is 0 Å². The van der Waals surface area contributed by atoms with Gasteiger partial charge in [0.05, 0.1) is 6.10 Å². The third-order valence-corrected chi connectivity index (χ3v) is 2.11. The molecule has 1 aromatic rings. The Balaban J connectivity index is 2.56. The van der Waals surface area contributed by atoms with Crippen molar-refractivity contribution in [3.8, 4) is 0 Å². The molecule has 0 aromatic heterocycles. The van der Waals surface area contributed by atoms with Crippen LogP contribution in [0.4, 0.5) is 10.5 Å². The minimum absolute atomic E-state index is 0.181. The fourth-order valence-electron chi connectivity index (χ4n) is 1.04. The van der Waals surface area contributed by atoms with E-state index < -0.39 is 12.1 Å². The number of rotatable bonds is 3. The molecule has 0 aliphatic carbocycles. The zero-order valence-electron chi connectivity index (χ0n) is 8.63. The van der Waals surface area contributed by atoms with Crippen LogP contribution >= 0.6 is 23.2 Å². The van der Waals surface area contributed by atoms with Gasteiger partial charge in [-0.2, -0.15) is 0 Å². The molecule has 3 N–H and O–H groups in total. The third-order valence-electron chi connectivity index (χ3n) is 1.68. The normalized spacial score (nSPS) is 12.0. The summed E-state index contributed by atoms with van der Waals surface area (Å²) in [6.45, 7) is 1.76. The van der Waals surface area contributed by atoms with Crippen LogP contribution in [-0.2, 0) is 0 Å². The average Bonchev–Trinajstić information content (AvgIpc) is 2.12. The first kappa shape index (κ1) is 13.1. The van der Waals surface area contributed by atoms with Crippen molar-refractivity contribution in [2.75, 3.05) is 11.9 Å². The number of nitrogens with one attached hydrogen (secondary N) is 2. The highest BCUT2D eigenvalue weighted by atomic mass is 35.5. The standard InChI is InChI=1S/C10H12Cl2N2O2/c1-6(15)5-13-10(16)14-9-3-7(11)2-8(12)4-9/h2-4,6,15H,5H2,1H3,(H2,13,14,16)/t6-/m0/s1. The molecule has 0 unspecified atom stereocenters. The van der Waals surface area contributed by atoms with Gasteiger partial charge in [0.2, 0.25) is 0 Å². The Bertz CT molecular complexity index is 363. The molecule has 1 atom stereocenters. The van der Waals surface area contributed by atoms with E-state index in [-0.39, 0.29) is 6.54 Å². The first-order valence-electron chi connectivity index (χ1n) is 4.66. The van der Waals surface area contributed by atoms with Gasteiger partial charge in [0, 0.05) is 22.3 Å². The predicted molar refractivity (Wildman–Crippen MR) is 65.2 cm³/mol. The lowest BCUT2D eigenvalue weighted by atomic mass is 10.3. The molecule has 0 heterocycles. The largest absolute Gasteiger partial charge is 0.392 e. The summed E-state index contributed by atoms with van der Waals surface area (Å²) in [4.78, 5) is 11.3. The Morgan fingerprint density at radius 2 is 1.94 bits per heavy atom. The van der Waals surface area contributed by atoms with E-state index in [1.165, 1.54) is 0 Å². The van der Waals surface area contributed by atoms with Crippen molar-refractivity contribution in [2.24, 2.45) is 0 Å². The summed E-state index contributed by atoms with van der Waals surface area (Å²) in [5.41, 5.74) is 0.501. The number of aliphatic hydroxyl groups is 1. The van der Waals surface area contributed by atoms with Crippen LogP contribution in [0.2, 0.25) is 10.0 Å². The van der Waals surface area contributed by atoms with Crippen molar-refractivity contribution in [1.82, 2.24) is 5.32 Å². The van der Waals surface area contributed by atoms with E-state index in [2.05, 4.69) is 10.6 Å². The minimum atomic E-state index is -0.589. The number of carbonyl (C=O) groups is 1. The highest BCUT2D eigenvalue weighted by molar-refractivity contribution is 6.35. The van der Waals surface area contributed by atoms with E-state index in [9.17, 15) is 4.79 Å². The lowest BCUT2D eigenvalue weighted by Gasteiger charge is -2.09. The summed E-state index contributed by atoms with van der Waals surface area (Å²) >= 11 is 11.5. The number of hydrogen-bond acceptors (Lipinski definition) is 2. The first-order chi connectivity index (χ1) is 7.47. The molecule has 0 saturated heterocycles. The van der Waals surface area contributed by atoms with Crippen molar-refractivity contribution in [3.05, 3.63) is 28.2 Å². The highest BCUT2D eigenvalue weighted by Crippen LogP contribution is 2.22. The van der Waals surface area contributed by atoms with Crippen molar-refractivity contribution < 1.29 is 9.90 Å². The smallest absolute Gasteiger partial charge is 0.319 e. The average molecular weight is 263 g/mol.